The van der Waals surface area contributed by atoms with Crippen LogP contribution in [-0.4, -0.2) is 18.5 Å². The zero-order chi connectivity index (χ0) is 14.7. The third-order valence-electron chi connectivity index (χ3n) is 1.95. The van der Waals surface area contributed by atoms with Crippen LogP contribution in [0.3, 0.4) is 0 Å². The van der Waals surface area contributed by atoms with Crippen molar-refractivity contribution in [3.05, 3.63) is 28.8 Å². The number of hydrogen-bond acceptors (Lipinski definition) is 4. The predicted octanol–water partition coefficient (Wildman–Crippen LogP) is 2.35. The summed E-state index contributed by atoms with van der Waals surface area (Å²) in [5.74, 6) is -12.3. The Balaban J connectivity index is 3.47. The van der Waals surface area contributed by atoms with Crippen LogP contribution in [0, 0.1) is 23.3 Å². The van der Waals surface area contributed by atoms with Crippen molar-refractivity contribution < 1.29 is 36.6 Å². The summed E-state index contributed by atoms with van der Waals surface area (Å²) in [4.78, 5) is 21.8. The van der Waals surface area contributed by atoms with E-state index in [0.717, 1.165) is 6.92 Å². The van der Waals surface area contributed by atoms with Crippen LogP contribution < -0.4 is 4.74 Å². The molecule has 0 aromatic heterocycles. The second-order valence-corrected chi connectivity index (χ2v) is 3.27. The average Bonchev–Trinajstić information content (AvgIpc) is 2.32. The molecule has 0 atom stereocenters. The Hall–Kier alpha value is -2.12. The number of ether oxygens (including phenoxy) is 2. The van der Waals surface area contributed by atoms with Crippen molar-refractivity contribution in [3.8, 4) is 5.75 Å². The minimum atomic E-state index is -1.99. The van der Waals surface area contributed by atoms with Gasteiger partial charge in [-0.2, -0.15) is 8.78 Å². The van der Waals surface area contributed by atoms with Gasteiger partial charge in [-0.25, -0.2) is 13.6 Å². The van der Waals surface area contributed by atoms with Crippen LogP contribution in [0.25, 0.3) is 0 Å². The van der Waals surface area contributed by atoms with Gasteiger partial charge in [-0.05, 0) is 6.92 Å². The summed E-state index contributed by atoms with van der Waals surface area (Å²) in [6.07, 6.45) is 0. The zero-order valence-corrected chi connectivity index (χ0v) is 9.85. The van der Waals surface area contributed by atoms with Crippen molar-refractivity contribution in [1.82, 2.24) is 0 Å². The number of benzene rings is 1. The van der Waals surface area contributed by atoms with Crippen molar-refractivity contribution in [2.45, 2.75) is 13.8 Å². The van der Waals surface area contributed by atoms with E-state index in [0.29, 0.717) is 0 Å². The normalized spacial score (nSPS) is 10.2. The summed E-state index contributed by atoms with van der Waals surface area (Å²) in [5.41, 5.74) is -1.52. The first-order valence-corrected chi connectivity index (χ1v) is 5.02. The van der Waals surface area contributed by atoms with E-state index >= 15 is 0 Å². The molecular formula is C11H8F4O4. The molecule has 0 spiro atoms. The molecule has 0 aliphatic carbocycles. The van der Waals surface area contributed by atoms with E-state index in [1.165, 1.54) is 6.92 Å². The van der Waals surface area contributed by atoms with Crippen molar-refractivity contribution in [3.63, 3.8) is 0 Å². The minimum absolute atomic E-state index is 0.243. The maximum atomic E-state index is 13.5. The SMILES string of the molecule is CCOC(=O)c1c(F)c(F)c(OC(C)=O)c(F)c1F. The van der Waals surface area contributed by atoms with E-state index < -0.39 is 46.5 Å². The fourth-order valence-electron chi connectivity index (χ4n) is 1.23. The van der Waals surface area contributed by atoms with Gasteiger partial charge < -0.3 is 9.47 Å². The van der Waals surface area contributed by atoms with Gasteiger partial charge in [0, 0.05) is 6.92 Å². The molecular weight excluding hydrogens is 272 g/mol. The van der Waals surface area contributed by atoms with Crippen LogP contribution in [0.15, 0.2) is 0 Å². The molecule has 0 amide bonds. The summed E-state index contributed by atoms with van der Waals surface area (Å²) in [5, 5.41) is 0. The topological polar surface area (TPSA) is 52.6 Å². The first-order chi connectivity index (χ1) is 8.81. The molecule has 4 nitrogen and oxygen atoms in total. The summed E-state index contributed by atoms with van der Waals surface area (Å²) in [6, 6.07) is 0. The van der Waals surface area contributed by atoms with Crippen LogP contribution in [0.5, 0.6) is 5.75 Å². The van der Waals surface area contributed by atoms with E-state index in [1.807, 2.05) is 0 Å². The highest BCUT2D eigenvalue weighted by Crippen LogP contribution is 2.30. The molecule has 1 aromatic rings. The van der Waals surface area contributed by atoms with Gasteiger partial charge in [-0.3, -0.25) is 4.79 Å². The maximum absolute atomic E-state index is 13.5. The van der Waals surface area contributed by atoms with Gasteiger partial charge in [0.25, 0.3) is 0 Å². The van der Waals surface area contributed by atoms with Crippen LogP contribution in [0.1, 0.15) is 24.2 Å². The van der Waals surface area contributed by atoms with Gasteiger partial charge in [0.1, 0.15) is 5.56 Å². The number of halogens is 4. The Labute approximate surface area is 104 Å². The fourth-order valence-corrected chi connectivity index (χ4v) is 1.23. The average molecular weight is 280 g/mol. The van der Waals surface area contributed by atoms with E-state index in [-0.39, 0.29) is 6.61 Å². The lowest BCUT2D eigenvalue weighted by atomic mass is 10.1. The molecule has 0 aliphatic rings. The molecule has 0 bridgehead atoms. The molecule has 0 fully saturated rings. The molecule has 0 N–H and O–H groups in total. The summed E-state index contributed by atoms with van der Waals surface area (Å²) >= 11 is 0. The summed E-state index contributed by atoms with van der Waals surface area (Å²) in [7, 11) is 0. The van der Waals surface area contributed by atoms with Gasteiger partial charge in [-0.15, -0.1) is 0 Å². The molecule has 0 aliphatic heterocycles. The molecule has 104 valence electrons. The van der Waals surface area contributed by atoms with E-state index in [4.69, 9.17) is 0 Å². The lowest BCUT2D eigenvalue weighted by Gasteiger charge is -2.10. The Morgan fingerprint density at radius 3 is 1.84 bits per heavy atom. The van der Waals surface area contributed by atoms with Crippen molar-refractivity contribution in [2.24, 2.45) is 0 Å². The van der Waals surface area contributed by atoms with Gasteiger partial charge in [-0.1, -0.05) is 0 Å². The van der Waals surface area contributed by atoms with Crippen molar-refractivity contribution in [2.75, 3.05) is 6.61 Å². The highest BCUT2D eigenvalue weighted by Gasteiger charge is 2.31. The first-order valence-electron chi connectivity index (χ1n) is 5.02. The molecule has 0 radical (unpaired) electrons. The first kappa shape index (κ1) is 14.9. The molecule has 0 saturated heterocycles. The van der Waals surface area contributed by atoms with Crippen LogP contribution in [0.4, 0.5) is 17.6 Å². The van der Waals surface area contributed by atoms with Gasteiger partial charge in [0.2, 0.25) is 17.4 Å². The zero-order valence-electron chi connectivity index (χ0n) is 9.85. The number of rotatable bonds is 3. The van der Waals surface area contributed by atoms with Gasteiger partial charge in [0.05, 0.1) is 6.61 Å². The minimum Gasteiger partial charge on any atom is -0.462 e. The summed E-state index contributed by atoms with van der Waals surface area (Å²) in [6.45, 7) is 1.88. The lowest BCUT2D eigenvalue weighted by molar-refractivity contribution is -0.132. The Kier molecular flexibility index (Phi) is 4.47. The molecule has 1 aromatic carbocycles. The van der Waals surface area contributed by atoms with E-state index in [2.05, 4.69) is 9.47 Å². The number of carbonyl (C=O) groups is 2. The van der Waals surface area contributed by atoms with Crippen LogP contribution in [0.2, 0.25) is 0 Å². The molecule has 0 saturated carbocycles. The predicted molar refractivity (Wildman–Crippen MR) is 53.5 cm³/mol. The molecule has 0 heterocycles. The standard InChI is InChI=1S/C11H8F4O4/c1-3-18-11(17)5-6(12)8(14)10(19-4(2)16)9(15)7(5)13/h3H2,1-2H3. The van der Waals surface area contributed by atoms with Crippen LogP contribution >= 0.6 is 0 Å². The van der Waals surface area contributed by atoms with Crippen molar-refractivity contribution in [1.29, 1.82) is 0 Å². The van der Waals surface area contributed by atoms with Gasteiger partial charge in [0.15, 0.2) is 11.6 Å². The van der Waals surface area contributed by atoms with Gasteiger partial charge >= 0.3 is 11.9 Å². The maximum Gasteiger partial charge on any atom is 0.344 e. The highest BCUT2D eigenvalue weighted by molar-refractivity contribution is 5.90. The number of carbonyl (C=O) groups excluding carboxylic acids is 2. The Bertz CT molecular complexity index is 513. The smallest absolute Gasteiger partial charge is 0.344 e. The molecule has 19 heavy (non-hydrogen) atoms. The monoisotopic (exact) mass is 280 g/mol. The van der Waals surface area contributed by atoms with Crippen LogP contribution in [-0.2, 0) is 9.53 Å². The van der Waals surface area contributed by atoms with E-state index in [1.54, 1.807) is 0 Å². The van der Waals surface area contributed by atoms with E-state index in [9.17, 15) is 27.2 Å². The fraction of sp³-hybridized carbons (Fsp3) is 0.273. The molecule has 0 unspecified atom stereocenters. The second kappa shape index (κ2) is 5.68. The highest BCUT2D eigenvalue weighted by atomic mass is 19.2. The largest absolute Gasteiger partial charge is 0.462 e. The Morgan fingerprint density at radius 1 is 1.00 bits per heavy atom. The third-order valence-corrected chi connectivity index (χ3v) is 1.95. The second-order valence-electron chi connectivity index (χ2n) is 3.27. The number of esters is 2. The molecule has 8 heteroatoms. The molecule has 1 rings (SSSR count). The lowest BCUT2D eigenvalue weighted by Crippen LogP contribution is -2.16. The van der Waals surface area contributed by atoms with Crippen molar-refractivity contribution >= 4 is 11.9 Å². The quantitative estimate of drug-likeness (QED) is 0.369. The number of hydrogen-bond donors (Lipinski definition) is 0. The Morgan fingerprint density at radius 2 is 1.47 bits per heavy atom. The third kappa shape index (κ3) is 2.83. The summed E-state index contributed by atoms with van der Waals surface area (Å²) < 4.78 is 62.0.